The maximum absolute atomic E-state index is 6.49. The molecule has 2 saturated heterocycles. The Balaban J connectivity index is 1.61. The van der Waals surface area contributed by atoms with Crippen molar-refractivity contribution in [3.8, 4) is 0 Å². The Morgan fingerprint density at radius 2 is 2.05 bits per heavy atom. The number of hydrogen-bond donors (Lipinski definition) is 1. The highest BCUT2D eigenvalue weighted by atomic mass is 15.3. The summed E-state index contributed by atoms with van der Waals surface area (Å²) in [5, 5.41) is 0. The molecule has 0 aliphatic carbocycles. The summed E-state index contributed by atoms with van der Waals surface area (Å²) in [7, 11) is 0. The predicted molar refractivity (Wildman–Crippen MR) is 88.5 cm³/mol. The largest absolute Gasteiger partial charge is 0.323 e. The molecule has 21 heavy (non-hydrogen) atoms. The second kappa shape index (κ2) is 6.47. The van der Waals surface area contributed by atoms with Crippen molar-refractivity contribution in [1.29, 1.82) is 0 Å². The Labute approximate surface area is 129 Å². The highest BCUT2D eigenvalue weighted by Crippen LogP contribution is 2.23. The first-order chi connectivity index (χ1) is 10.1. The van der Waals surface area contributed by atoms with E-state index in [1.807, 2.05) is 0 Å². The molecule has 0 radical (unpaired) electrons. The molecule has 3 rings (SSSR count). The van der Waals surface area contributed by atoms with E-state index in [-0.39, 0.29) is 6.04 Å². The minimum absolute atomic E-state index is 0.140. The normalized spacial score (nSPS) is 25.6. The molecule has 1 aromatic rings. The molecule has 2 fully saturated rings. The SMILES string of the molecule is Cc1ccc(C(N)CN2CCN3CCCCC3C2)c(C)c1. The molecule has 3 nitrogen and oxygen atoms in total. The fourth-order valence-electron chi connectivity index (χ4n) is 4.00. The molecule has 116 valence electrons. The van der Waals surface area contributed by atoms with Gasteiger partial charge in [0.25, 0.3) is 0 Å². The van der Waals surface area contributed by atoms with Crippen LogP contribution >= 0.6 is 0 Å². The Hall–Kier alpha value is -0.900. The fraction of sp³-hybridized carbons (Fsp3) is 0.667. The monoisotopic (exact) mass is 287 g/mol. The van der Waals surface area contributed by atoms with E-state index >= 15 is 0 Å². The van der Waals surface area contributed by atoms with Gasteiger partial charge >= 0.3 is 0 Å². The lowest BCUT2D eigenvalue weighted by molar-refractivity contribution is 0.0466. The lowest BCUT2D eigenvalue weighted by Gasteiger charge is -2.44. The van der Waals surface area contributed by atoms with Crippen LogP contribution < -0.4 is 5.73 Å². The highest BCUT2D eigenvalue weighted by molar-refractivity contribution is 5.32. The van der Waals surface area contributed by atoms with Crippen LogP contribution in [-0.2, 0) is 0 Å². The Morgan fingerprint density at radius 3 is 2.86 bits per heavy atom. The molecule has 2 heterocycles. The molecule has 2 aliphatic heterocycles. The van der Waals surface area contributed by atoms with E-state index in [9.17, 15) is 0 Å². The van der Waals surface area contributed by atoms with Gasteiger partial charge in [-0.2, -0.15) is 0 Å². The van der Waals surface area contributed by atoms with Gasteiger partial charge in [0.2, 0.25) is 0 Å². The summed E-state index contributed by atoms with van der Waals surface area (Å²) in [5.41, 5.74) is 10.5. The van der Waals surface area contributed by atoms with Gasteiger partial charge in [-0.05, 0) is 44.4 Å². The predicted octanol–water partition coefficient (Wildman–Crippen LogP) is 2.47. The van der Waals surface area contributed by atoms with Crippen LogP contribution in [0.15, 0.2) is 18.2 Å². The van der Waals surface area contributed by atoms with Crippen LogP contribution in [0, 0.1) is 13.8 Å². The zero-order valence-electron chi connectivity index (χ0n) is 13.5. The fourth-order valence-corrected chi connectivity index (χ4v) is 4.00. The van der Waals surface area contributed by atoms with Gasteiger partial charge in [-0.1, -0.05) is 30.2 Å². The topological polar surface area (TPSA) is 32.5 Å². The van der Waals surface area contributed by atoms with Crippen LogP contribution in [0.1, 0.15) is 42.0 Å². The third-order valence-corrected chi connectivity index (χ3v) is 5.20. The Morgan fingerprint density at radius 1 is 1.19 bits per heavy atom. The van der Waals surface area contributed by atoms with Crippen molar-refractivity contribution in [1.82, 2.24) is 9.80 Å². The molecule has 0 amide bonds. The summed E-state index contributed by atoms with van der Waals surface area (Å²) in [6.45, 7) is 10.2. The van der Waals surface area contributed by atoms with Crippen LogP contribution in [0.5, 0.6) is 0 Å². The lowest BCUT2D eigenvalue weighted by Crippen LogP contribution is -2.55. The standard InChI is InChI=1S/C18H29N3/c1-14-6-7-17(15(2)11-14)18(19)13-20-9-10-21-8-4-3-5-16(21)12-20/h6-7,11,16,18H,3-5,8-10,12-13,19H2,1-2H3. The number of piperazine rings is 1. The Kier molecular flexibility index (Phi) is 4.63. The van der Waals surface area contributed by atoms with Crippen molar-refractivity contribution in [2.45, 2.75) is 45.2 Å². The molecular formula is C18H29N3. The zero-order chi connectivity index (χ0) is 14.8. The van der Waals surface area contributed by atoms with Crippen LogP contribution in [-0.4, -0.2) is 48.6 Å². The molecule has 3 heteroatoms. The first kappa shape index (κ1) is 15.0. The number of aryl methyl sites for hydroxylation is 2. The summed E-state index contributed by atoms with van der Waals surface area (Å²) >= 11 is 0. The van der Waals surface area contributed by atoms with Crippen molar-refractivity contribution in [2.75, 3.05) is 32.7 Å². The summed E-state index contributed by atoms with van der Waals surface area (Å²) in [6, 6.07) is 7.56. The van der Waals surface area contributed by atoms with Gasteiger partial charge < -0.3 is 5.73 Å². The van der Waals surface area contributed by atoms with E-state index in [1.165, 1.54) is 62.1 Å². The number of fused-ring (bicyclic) bond motifs is 1. The second-order valence-electron chi connectivity index (χ2n) is 6.91. The minimum atomic E-state index is 0.140. The van der Waals surface area contributed by atoms with Crippen molar-refractivity contribution < 1.29 is 0 Å². The van der Waals surface area contributed by atoms with Crippen molar-refractivity contribution in [3.05, 3.63) is 34.9 Å². The first-order valence-corrected chi connectivity index (χ1v) is 8.42. The summed E-state index contributed by atoms with van der Waals surface area (Å²) < 4.78 is 0. The number of rotatable bonds is 3. The van der Waals surface area contributed by atoms with Crippen molar-refractivity contribution in [2.24, 2.45) is 5.73 Å². The molecule has 0 bridgehead atoms. The smallest absolute Gasteiger partial charge is 0.0426 e. The zero-order valence-corrected chi connectivity index (χ0v) is 13.5. The molecule has 0 spiro atoms. The van der Waals surface area contributed by atoms with E-state index in [2.05, 4.69) is 41.8 Å². The van der Waals surface area contributed by atoms with Gasteiger partial charge in [-0.15, -0.1) is 0 Å². The average Bonchev–Trinajstić information content (AvgIpc) is 2.47. The van der Waals surface area contributed by atoms with Gasteiger partial charge in [0.1, 0.15) is 0 Å². The van der Waals surface area contributed by atoms with E-state index < -0.39 is 0 Å². The van der Waals surface area contributed by atoms with Crippen LogP contribution in [0.2, 0.25) is 0 Å². The molecule has 2 aliphatic rings. The van der Waals surface area contributed by atoms with Gasteiger partial charge in [-0.25, -0.2) is 0 Å². The number of nitrogens with two attached hydrogens (primary N) is 1. The van der Waals surface area contributed by atoms with E-state index in [4.69, 9.17) is 5.73 Å². The molecule has 2 unspecified atom stereocenters. The summed E-state index contributed by atoms with van der Waals surface area (Å²) in [6.07, 6.45) is 4.16. The Bertz CT molecular complexity index is 485. The molecule has 0 aromatic heterocycles. The molecule has 2 atom stereocenters. The third-order valence-electron chi connectivity index (χ3n) is 5.20. The number of hydrogen-bond acceptors (Lipinski definition) is 3. The first-order valence-electron chi connectivity index (χ1n) is 8.42. The van der Waals surface area contributed by atoms with Crippen LogP contribution in [0.4, 0.5) is 0 Å². The van der Waals surface area contributed by atoms with E-state index in [0.29, 0.717) is 0 Å². The number of benzene rings is 1. The van der Waals surface area contributed by atoms with E-state index in [0.717, 1.165) is 12.6 Å². The van der Waals surface area contributed by atoms with Gasteiger partial charge in [0.15, 0.2) is 0 Å². The lowest BCUT2D eigenvalue weighted by atomic mass is 9.97. The van der Waals surface area contributed by atoms with Crippen LogP contribution in [0.25, 0.3) is 0 Å². The van der Waals surface area contributed by atoms with Gasteiger partial charge in [0.05, 0.1) is 0 Å². The molecule has 0 saturated carbocycles. The second-order valence-corrected chi connectivity index (χ2v) is 6.91. The summed E-state index contributed by atoms with van der Waals surface area (Å²) in [4.78, 5) is 5.26. The minimum Gasteiger partial charge on any atom is -0.323 e. The molecule has 1 aromatic carbocycles. The van der Waals surface area contributed by atoms with Gasteiger partial charge in [0, 0.05) is 38.3 Å². The highest BCUT2D eigenvalue weighted by Gasteiger charge is 2.29. The van der Waals surface area contributed by atoms with Crippen LogP contribution in [0.3, 0.4) is 0 Å². The average molecular weight is 287 g/mol. The van der Waals surface area contributed by atoms with Gasteiger partial charge in [-0.3, -0.25) is 9.80 Å². The third kappa shape index (κ3) is 3.47. The number of piperidine rings is 1. The maximum atomic E-state index is 6.49. The van der Waals surface area contributed by atoms with Crippen molar-refractivity contribution in [3.63, 3.8) is 0 Å². The van der Waals surface area contributed by atoms with E-state index in [1.54, 1.807) is 0 Å². The summed E-state index contributed by atoms with van der Waals surface area (Å²) in [5.74, 6) is 0. The quantitative estimate of drug-likeness (QED) is 0.927. The maximum Gasteiger partial charge on any atom is 0.0426 e. The molecular weight excluding hydrogens is 258 g/mol. The molecule has 2 N–H and O–H groups in total. The number of nitrogens with zero attached hydrogens (tertiary/aromatic N) is 2. The van der Waals surface area contributed by atoms with Crippen molar-refractivity contribution >= 4 is 0 Å².